The zero-order valence-corrected chi connectivity index (χ0v) is 35.0. The Morgan fingerprint density at radius 2 is 0.962 bits per heavy atom. The fourth-order valence-corrected chi connectivity index (χ4v) is 7.37. The Hall–Kier alpha value is -4.49. The molecule has 0 fully saturated rings. The first-order valence-electron chi connectivity index (χ1n) is 20.5. The van der Waals surface area contributed by atoms with Crippen molar-refractivity contribution in [3.05, 3.63) is 149 Å². The van der Waals surface area contributed by atoms with Gasteiger partial charge in [-0.1, -0.05) is 207 Å². The van der Waals surface area contributed by atoms with Gasteiger partial charge in [0.1, 0.15) is 0 Å². The highest BCUT2D eigenvalue weighted by Gasteiger charge is 2.53. The summed E-state index contributed by atoms with van der Waals surface area (Å²) in [4.78, 5) is 5.08. The van der Waals surface area contributed by atoms with E-state index in [1.165, 1.54) is 90.5 Å². The van der Waals surface area contributed by atoms with Crippen molar-refractivity contribution in [1.82, 2.24) is 4.98 Å². The van der Waals surface area contributed by atoms with Crippen LogP contribution in [0.25, 0.3) is 44.2 Å². The first-order valence-corrected chi connectivity index (χ1v) is 20.5. The summed E-state index contributed by atoms with van der Waals surface area (Å²) in [5.41, 5.74) is 15.8. The number of aromatic nitrogens is 1. The third-order valence-electron chi connectivity index (χ3n) is 8.75. The molecule has 0 saturated carbocycles. The average Bonchev–Trinajstić information content (AvgIpc) is 3.85. The van der Waals surface area contributed by atoms with Gasteiger partial charge in [0.15, 0.2) is 0 Å². The molecule has 1 heterocycles. The minimum Gasteiger partial charge on any atom is -0.259 e. The van der Waals surface area contributed by atoms with Gasteiger partial charge in [-0.2, -0.15) is 0 Å². The van der Waals surface area contributed by atoms with E-state index in [1.54, 1.807) is 0 Å². The second-order valence-electron chi connectivity index (χ2n) is 11.7. The van der Waals surface area contributed by atoms with E-state index >= 15 is 0 Å². The van der Waals surface area contributed by atoms with Gasteiger partial charge in [-0.15, -0.1) is 0 Å². The van der Waals surface area contributed by atoms with Crippen LogP contribution in [0.1, 0.15) is 143 Å². The summed E-state index contributed by atoms with van der Waals surface area (Å²) < 4.78 is 0. The molecule has 1 heteroatoms. The standard InChI is InChI=1S/C35H21N.2C3H8.5C2H6/c1-2-9-23-21(8-1)15-16-24-28-20-30-26-11-4-6-14-32(26)35(33(30)19-22(28)18-29(23)24)31-13-5-3-10-25(31)27-12-7-17-36-34(27)35;2*1-3-2;5*1-2/h1-17,19-20H,18H2;2*3H2,1-2H3;5*1-2H3. The van der Waals surface area contributed by atoms with Gasteiger partial charge in [0.05, 0.1) is 11.1 Å². The van der Waals surface area contributed by atoms with Gasteiger partial charge < -0.3 is 0 Å². The fraction of sp³-hybridized carbons (Fsp3) is 0.353. The van der Waals surface area contributed by atoms with E-state index < -0.39 is 0 Å². The molecule has 52 heavy (non-hydrogen) atoms. The van der Waals surface area contributed by atoms with E-state index in [0.29, 0.717) is 0 Å². The van der Waals surface area contributed by atoms with Crippen molar-refractivity contribution in [3.63, 3.8) is 0 Å². The first kappa shape index (κ1) is 43.7. The highest BCUT2D eigenvalue weighted by Crippen LogP contribution is 2.63. The van der Waals surface area contributed by atoms with Gasteiger partial charge in [0, 0.05) is 11.8 Å². The maximum atomic E-state index is 5.08. The number of nitrogens with zero attached hydrogens (tertiary/aromatic N) is 1. The zero-order chi connectivity index (χ0) is 38.8. The molecule has 1 unspecified atom stereocenters. The zero-order valence-electron chi connectivity index (χ0n) is 35.0. The Bertz CT molecular complexity index is 1910. The van der Waals surface area contributed by atoms with Crippen molar-refractivity contribution in [3.8, 4) is 33.4 Å². The van der Waals surface area contributed by atoms with Gasteiger partial charge in [-0.05, 0) is 85.0 Å². The summed E-state index contributed by atoms with van der Waals surface area (Å²) in [6, 6.07) is 40.6. The van der Waals surface area contributed by atoms with Crippen LogP contribution < -0.4 is 0 Å². The molecule has 3 aliphatic carbocycles. The molecule has 6 aromatic rings. The molecule has 0 N–H and O–H groups in total. The minimum atomic E-state index is -0.370. The molecule has 276 valence electrons. The lowest BCUT2D eigenvalue weighted by Crippen LogP contribution is -2.27. The third kappa shape index (κ3) is 7.66. The van der Waals surface area contributed by atoms with Crippen LogP contribution >= 0.6 is 0 Å². The van der Waals surface area contributed by atoms with Crippen LogP contribution in [0.15, 0.2) is 115 Å². The fourth-order valence-electron chi connectivity index (χ4n) is 7.37. The lowest BCUT2D eigenvalue weighted by atomic mass is 9.72. The van der Waals surface area contributed by atoms with Crippen LogP contribution in [0.5, 0.6) is 0 Å². The molecule has 0 amide bonds. The summed E-state index contributed by atoms with van der Waals surface area (Å²) in [6.07, 6.45) is 5.44. The number of benzene rings is 5. The molecule has 5 aromatic carbocycles. The smallest absolute Gasteiger partial charge is 0.0898 e. The van der Waals surface area contributed by atoms with Crippen LogP contribution in [-0.4, -0.2) is 4.98 Å². The molecule has 3 aliphatic rings. The number of pyridine rings is 1. The first-order chi connectivity index (χ1) is 25.7. The molecule has 1 aromatic heterocycles. The highest BCUT2D eigenvalue weighted by molar-refractivity contribution is 5.99. The van der Waals surface area contributed by atoms with E-state index in [0.717, 1.165) is 6.42 Å². The Kier molecular flexibility index (Phi) is 18.3. The van der Waals surface area contributed by atoms with Crippen LogP contribution in [0.4, 0.5) is 0 Å². The normalized spacial score (nSPS) is 13.3. The molecule has 0 saturated heterocycles. The predicted molar refractivity (Wildman–Crippen MR) is 235 cm³/mol. The van der Waals surface area contributed by atoms with Crippen LogP contribution in [-0.2, 0) is 11.8 Å². The summed E-state index contributed by atoms with van der Waals surface area (Å²) in [6.45, 7) is 28.5. The van der Waals surface area contributed by atoms with Gasteiger partial charge >= 0.3 is 0 Å². The molecule has 1 spiro atoms. The molecule has 1 atom stereocenters. The monoisotopic (exact) mass is 694 g/mol. The van der Waals surface area contributed by atoms with Crippen molar-refractivity contribution in [2.45, 2.75) is 122 Å². The Labute approximate surface area is 318 Å². The highest BCUT2D eigenvalue weighted by atomic mass is 14.7. The van der Waals surface area contributed by atoms with E-state index in [1.807, 2.05) is 75.4 Å². The predicted octanol–water partition coefficient (Wildman–Crippen LogP) is 16.1. The average molecular weight is 694 g/mol. The van der Waals surface area contributed by atoms with Gasteiger partial charge in [-0.25, -0.2) is 0 Å². The lowest BCUT2D eigenvalue weighted by molar-refractivity contribution is 0.759. The van der Waals surface area contributed by atoms with Crippen molar-refractivity contribution in [2.75, 3.05) is 0 Å². The Morgan fingerprint density at radius 3 is 1.56 bits per heavy atom. The second kappa shape index (κ2) is 21.8. The molecule has 0 bridgehead atoms. The van der Waals surface area contributed by atoms with Gasteiger partial charge in [-0.3, -0.25) is 4.98 Å². The number of rotatable bonds is 0. The van der Waals surface area contributed by atoms with E-state index in [4.69, 9.17) is 4.98 Å². The van der Waals surface area contributed by atoms with Crippen molar-refractivity contribution >= 4 is 10.8 Å². The number of hydrogen-bond donors (Lipinski definition) is 0. The van der Waals surface area contributed by atoms with Gasteiger partial charge in [0.2, 0.25) is 0 Å². The summed E-state index contributed by atoms with van der Waals surface area (Å²) in [5.74, 6) is 0. The van der Waals surface area contributed by atoms with Crippen LogP contribution in [0, 0.1) is 0 Å². The number of hydrogen-bond acceptors (Lipinski definition) is 1. The largest absolute Gasteiger partial charge is 0.259 e. The maximum absolute atomic E-state index is 5.08. The van der Waals surface area contributed by atoms with E-state index in [2.05, 4.69) is 137 Å². The Morgan fingerprint density at radius 1 is 0.462 bits per heavy atom. The number of fused-ring (bicyclic) bond motifs is 15. The maximum Gasteiger partial charge on any atom is 0.0898 e. The van der Waals surface area contributed by atoms with Crippen LogP contribution in [0.2, 0.25) is 0 Å². The quantitative estimate of drug-likeness (QED) is 0.154. The van der Waals surface area contributed by atoms with E-state index in [-0.39, 0.29) is 5.41 Å². The molecular formula is C51H67N. The third-order valence-corrected chi connectivity index (χ3v) is 8.75. The molecule has 0 radical (unpaired) electrons. The Balaban J connectivity index is 0.000000518. The molecule has 9 rings (SSSR count). The van der Waals surface area contributed by atoms with Crippen molar-refractivity contribution in [2.24, 2.45) is 0 Å². The topological polar surface area (TPSA) is 12.9 Å². The van der Waals surface area contributed by atoms with E-state index in [9.17, 15) is 0 Å². The summed E-state index contributed by atoms with van der Waals surface area (Å²) >= 11 is 0. The minimum absolute atomic E-state index is 0.370. The van der Waals surface area contributed by atoms with Crippen LogP contribution in [0.3, 0.4) is 0 Å². The molecular weight excluding hydrogens is 627 g/mol. The second-order valence-corrected chi connectivity index (χ2v) is 11.7. The molecule has 1 nitrogen and oxygen atoms in total. The molecule has 0 aliphatic heterocycles. The van der Waals surface area contributed by atoms with Gasteiger partial charge in [0.25, 0.3) is 0 Å². The lowest BCUT2D eigenvalue weighted by Gasteiger charge is -2.29. The van der Waals surface area contributed by atoms with Crippen molar-refractivity contribution < 1.29 is 0 Å². The summed E-state index contributed by atoms with van der Waals surface area (Å²) in [5, 5.41) is 2.70. The SMILES string of the molecule is CC.CC.CC.CC.CC.CCC.CCC.c1ccc2c(c1)-c1cc3c(cc1C21c2ccccc2-c2cccnc21)Cc1c-3ccc2ccccc12. The van der Waals surface area contributed by atoms with Crippen molar-refractivity contribution in [1.29, 1.82) is 0 Å². The summed E-state index contributed by atoms with van der Waals surface area (Å²) in [7, 11) is 0.